The summed E-state index contributed by atoms with van der Waals surface area (Å²) in [4.78, 5) is 29.8. The number of aromatic nitrogens is 4. The maximum absolute atomic E-state index is 14.0. The number of nitrogens with zero attached hydrogens (tertiary/aromatic N) is 6. The molecule has 1 amide bonds. The zero-order valence-electron chi connectivity index (χ0n) is 16.0. The Kier molecular flexibility index (Phi) is 4.20. The molecule has 0 radical (unpaired) electrons. The summed E-state index contributed by atoms with van der Waals surface area (Å²) in [5.41, 5.74) is 1.67. The van der Waals surface area contributed by atoms with Crippen LogP contribution in [-0.2, 0) is 11.8 Å². The van der Waals surface area contributed by atoms with E-state index in [1.165, 1.54) is 0 Å². The smallest absolute Gasteiger partial charge is 0.258 e. The van der Waals surface area contributed by atoms with Gasteiger partial charge in [0, 0.05) is 33.2 Å². The Hall–Kier alpha value is -2.33. The molecule has 3 aliphatic rings. The van der Waals surface area contributed by atoms with Gasteiger partial charge in [-0.2, -0.15) is 0 Å². The van der Waals surface area contributed by atoms with Crippen molar-refractivity contribution in [1.29, 1.82) is 0 Å². The van der Waals surface area contributed by atoms with Gasteiger partial charge in [0.2, 0.25) is 0 Å². The fraction of sp³-hybridized carbons (Fsp3) is 0.667. The second-order valence-corrected chi connectivity index (χ2v) is 8.10. The number of carbonyl (C=O) groups is 1. The highest BCUT2D eigenvalue weighted by molar-refractivity contribution is 5.83. The summed E-state index contributed by atoms with van der Waals surface area (Å²) in [5, 5.41) is 6.04. The van der Waals surface area contributed by atoms with Gasteiger partial charge in [0.1, 0.15) is 12.6 Å². The van der Waals surface area contributed by atoms with Crippen LogP contribution in [0.4, 0.5) is 10.2 Å². The van der Waals surface area contributed by atoms with Crippen molar-refractivity contribution in [2.75, 3.05) is 31.1 Å². The van der Waals surface area contributed by atoms with E-state index in [0.29, 0.717) is 18.3 Å². The van der Waals surface area contributed by atoms with Crippen LogP contribution in [0.5, 0.6) is 0 Å². The third-order valence-corrected chi connectivity index (χ3v) is 6.35. The number of alkyl halides is 1. The minimum Gasteiger partial charge on any atom is -0.354 e. The average Bonchev–Trinajstić information content (AvgIpc) is 3.37. The first-order chi connectivity index (χ1) is 13.5. The van der Waals surface area contributed by atoms with Gasteiger partial charge in [-0.15, -0.1) is 0 Å². The molecular weight excluding hydrogens is 363 g/mol. The highest BCUT2D eigenvalue weighted by atomic mass is 19.1. The Morgan fingerprint density at radius 3 is 2.64 bits per heavy atom. The Morgan fingerprint density at radius 1 is 1.18 bits per heavy atom. The fourth-order valence-corrected chi connectivity index (χ4v) is 4.83. The minimum absolute atomic E-state index is 0.287. The first kappa shape index (κ1) is 17.7. The summed E-state index contributed by atoms with van der Waals surface area (Å²) in [6, 6.07) is -0.422. The molecule has 2 aromatic rings. The molecule has 0 spiro atoms. The third-order valence-electron chi connectivity index (χ3n) is 6.35. The van der Waals surface area contributed by atoms with Gasteiger partial charge in [0.05, 0.1) is 12.4 Å². The van der Waals surface area contributed by atoms with E-state index < -0.39 is 18.1 Å². The van der Waals surface area contributed by atoms with Crippen molar-refractivity contribution in [3.05, 3.63) is 12.7 Å². The summed E-state index contributed by atoms with van der Waals surface area (Å²) in [7, 11) is 1.93. The number of anilines is 1. The van der Waals surface area contributed by atoms with Crippen molar-refractivity contribution in [1.82, 2.24) is 35.1 Å². The van der Waals surface area contributed by atoms with Crippen LogP contribution in [0.1, 0.15) is 13.3 Å². The molecule has 10 heteroatoms. The molecule has 2 aromatic heterocycles. The van der Waals surface area contributed by atoms with Crippen LogP contribution in [0.15, 0.2) is 12.7 Å². The highest BCUT2D eigenvalue weighted by Crippen LogP contribution is 2.35. The first-order valence-electron chi connectivity index (χ1n) is 9.86. The zero-order valence-corrected chi connectivity index (χ0v) is 16.0. The van der Waals surface area contributed by atoms with Crippen LogP contribution >= 0.6 is 0 Å². The van der Waals surface area contributed by atoms with Crippen molar-refractivity contribution in [2.45, 2.75) is 31.8 Å². The molecule has 2 N–H and O–H groups in total. The van der Waals surface area contributed by atoms with Crippen LogP contribution in [-0.4, -0.2) is 75.0 Å². The number of halogens is 1. The Bertz CT molecular complexity index is 889. The molecule has 28 heavy (non-hydrogen) atoms. The maximum atomic E-state index is 14.0. The predicted molar refractivity (Wildman–Crippen MR) is 101 cm³/mol. The molecule has 0 saturated carbocycles. The quantitative estimate of drug-likeness (QED) is 0.756. The standard InChI is InChI=1S/C18H25FN8O/c1-3-12-13(19)17(28)24-18(23-12)27-6-10-4-26(5-11(10)7-27)16-14-15(20-8-21-16)25(2)9-22-14/h8-13,18,23H,3-7H2,1-2H3,(H,24,28). The van der Waals surface area contributed by atoms with Gasteiger partial charge in [-0.3, -0.25) is 15.0 Å². The molecule has 0 aliphatic carbocycles. The largest absolute Gasteiger partial charge is 0.354 e. The normalized spacial score (nSPS) is 33.5. The van der Waals surface area contributed by atoms with Crippen molar-refractivity contribution in [3.8, 4) is 0 Å². The van der Waals surface area contributed by atoms with E-state index in [1.807, 2.05) is 18.5 Å². The molecule has 3 saturated heterocycles. The van der Waals surface area contributed by atoms with Crippen molar-refractivity contribution >= 4 is 22.9 Å². The van der Waals surface area contributed by atoms with E-state index in [-0.39, 0.29) is 6.29 Å². The van der Waals surface area contributed by atoms with Crippen LogP contribution in [0.2, 0.25) is 0 Å². The van der Waals surface area contributed by atoms with Crippen molar-refractivity contribution in [3.63, 3.8) is 0 Å². The van der Waals surface area contributed by atoms with E-state index in [4.69, 9.17) is 0 Å². The number of hydrogen-bond acceptors (Lipinski definition) is 7. The Labute approximate surface area is 162 Å². The van der Waals surface area contributed by atoms with Gasteiger partial charge in [-0.25, -0.2) is 19.3 Å². The number of aryl methyl sites for hydroxylation is 1. The van der Waals surface area contributed by atoms with Crippen molar-refractivity contribution in [2.24, 2.45) is 18.9 Å². The van der Waals surface area contributed by atoms with Crippen LogP contribution in [0.25, 0.3) is 11.2 Å². The molecule has 5 rings (SSSR count). The lowest BCUT2D eigenvalue weighted by Gasteiger charge is -2.38. The van der Waals surface area contributed by atoms with Gasteiger partial charge in [0.15, 0.2) is 23.2 Å². The predicted octanol–water partition coefficient (Wildman–Crippen LogP) is -0.149. The summed E-state index contributed by atoms with van der Waals surface area (Å²) >= 11 is 0. The van der Waals surface area contributed by atoms with Crippen LogP contribution in [0, 0.1) is 11.8 Å². The number of likely N-dealkylation sites (tertiary alicyclic amines) is 1. The molecule has 150 valence electrons. The lowest BCUT2D eigenvalue weighted by atomic mass is 10.0. The molecule has 5 atom stereocenters. The summed E-state index contributed by atoms with van der Waals surface area (Å²) in [5.74, 6) is 1.35. The summed E-state index contributed by atoms with van der Waals surface area (Å²) in [6.07, 6.45) is 2.19. The van der Waals surface area contributed by atoms with Crippen molar-refractivity contribution < 1.29 is 9.18 Å². The number of amides is 1. The van der Waals surface area contributed by atoms with Crippen LogP contribution in [0.3, 0.4) is 0 Å². The lowest BCUT2D eigenvalue weighted by molar-refractivity contribution is -0.133. The van der Waals surface area contributed by atoms with E-state index in [9.17, 15) is 9.18 Å². The topological polar surface area (TPSA) is 91.2 Å². The molecule has 0 aromatic carbocycles. The molecule has 3 aliphatic heterocycles. The van der Waals surface area contributed by atoms with E-state index in [1.54, 1.807) is 12.7 Å². The van der Waals surface area contributed by atoms with Gasteiger partial charge in [-0.1, -0.05) is 6.92 Å². The molecule has 5 heterocycles. The number of imidazole rings is 1. The average molecular weight is 388 g/mol. The first-order valence-corrected chi connectivity index (χ1v) is 9.86. The molecule has 0 bridgehead atoms. The number of nitrogens with one attached hydrogen (secondary N) is 2. The van der Waals surface area contributed by atoms with E-state index in [2.05, 4.69) is 35.4 Å². The third kappa shape index (κ3) is 2.74. The zero-order chi connectivity index (χ0) is 19.4. The van der Waals surface area contributed by atoms with Gasteiger partial charge in [-0.05, 0) is 18.3 Å². The Balaban J connectivity index is 1.28. The van der Waals surface area contributed by atoms with Gasteiger partial charge < -0.3 is 14.8 Å². The lowest BCUT2D eigenvalue weighted by Crippen LogP contribution is -2.67. The second kappa shape index (κ2) is 6.63. The molecule has 3 fully saturated rings. The minimum atomic E-state index is -1.47. The van der Waals surface area contributed by atoms with E-state index >= 15 is 0 Å². The van der Waals surface area contributed by atoms with Crippen LogP contribution < -0.4 is 15.5 Å². The maximum Gasteiger partial charge on any atom is 0.258 e. The highest BCUT2D eigenvalue weighted by Gasteiger charge is 2.45. The number of fused-ring (bicyclic) bond motifs is 2. The second-order valence-electron chi connectivity index (χ2n) is 8.10. The monoisotopic (exact) mass is 388 g/mol. The van der Waals surface area contributed by atoms with Gasteiger partial charge in [0.25, 0.3) is 5.91 Å². The summed E-state index contributed by atoms with van der Waals surface area (Å²) in [6.45, 7) is 5.42. The molecule has 5 unspecified atom stereocenters. The van der Waals surface area contributed by atoms with E-state index in [0.717, 1.165) is 43.2 Å². The Morgan fingerprint density at radius 2 is 1.93 bits per heavy atom. The SMILES string of the molecule is CCC1NC(N2CC3CN(c4ncnc5c4ncn5C)CC3C2)NC(=O)C1F. The molecule has 9 nitrogen and oxygen atoms in total. The fourth-order valence-electron chi connectivity index (χ4n) is 4.83. The number of hydrogen-bond donors (Lipinski definition) is 2. The van der Waals surface area contributed by atoms with Gasteiger partial charge >= 0.3 is 0 Å². The summed E-state index contributed by atoms with van der Waals surface area (Å²) < 4.78 is 15.9. The number of rotatable bonds is 3. The molecular formula is C18H25FN8O. The number of carbonyl (C=O) groups excluding carboxylic acids is 1.